The number of nitrogens with one attached hydrogen (secondary N) is 1. The summed E-state index contributed by atoms with van der Waals surface area (Å²) < 4.78 is 0.786. The Balaban J connectivity index is 0.0000221. The topological polar surface area (TPSA) is 61.7 Å². The van der Waals surface area contributed by atoms with Crippen molar-refractivity contribution in [3.63, 3.8) is 0 Å². The molecule has 0 fully saturated rings. The molecule has 1 atom stereocenters. The first-order valence-corrected chi connectivity index (χ1v) is 21.5. The van der Waals surface area contributed by atoms with Gasteiger partial charge in [-0.15, -0.1) is 0 Å². The number of nitrogens with zero attached hydrogens (tertiary/aromatic N) is 2. The van der Waals surface area contributed by atoms with Gasteiger partial charge >= 0.3 is 0 Å². The molecule has 0 aromatic heterocycles. The predicted molar refractivity (Wildman–Crippen MR) is 206 cm³/mol. The lowest BCUT2D eigenvalue weighted by atomic mass is 10.0. The van der Waals surface area contributed by atoms with Gasteiger partial charge in [-0.05, 0) is 12.8 Å². The van der Waals surface area contributed by atoms with Crippen LogP contribution in [0.1, 0.15) is 219 Å². The zero-order chi connectivity index (χ0) is 33.9. The number of hydrogen-bond acceptors (Lipinski definition) is 3. The number of aliphatic hydroxyl groups excluding tert-OH is 1. The summed E-state index contributed by atoms with van der Waals surface area (Å²) >= 11 is 0. The molecule has 1 aliphatic rings. The molecule has 0 saturated heterocycles. The molecule has 286 valence electrons. The molecular weight excluding hydrogens is 614 g/mol. The van der Waals surface area contributed by atoms with Crippen LogP contribution in [0.3, 0.4) is 0 Å². The number of quaternary nitrogens is 1. The van der Waals surface area contributed by atoms with Crippen LogP contribution >= 0.6 is 0 Å². The highest BCUT2D eigenvalue weighted by atomic mass is 35.5. The van der Waals surface area contributed by atoms with Crippen LogP contribution in [-0.2, 0) is 4.79 Å². The number of carbonyl (C=O) groups excluding carboxylic acids is 1. The first-order chi connectivity index (χ1) is 23.2. The van der Waals surface area contributed by atoms with E-state index in [0.29, 0.717) is 13.0 Å². The quantitative estimate of drug-likeness (QED) is 0.0503. The highest BCUT2D eigenvalue weighted by molar-refractivity contribution is 5.77. The fraction of sp³-hybridized carbons (Fsp3) is 0.952. The largest absolute Gasteiger partial charge is 1.00 e. The maximum atomic E-state index is 12.5. The average molecular weight is 699 g/mol. The molecule has 0 aliphatic carbocycles. The molecule has 1 rings (SSSR count). The van der Waals surface area contributed by atoms with Gasteiger partial charge in [0.2, 0.25) is 5.91 Å². The molecule has 1 unspecified atom stereocenters. The molecule has 0 bridgehead atoms. The van der Waals surface area contributed by atoms with Gasteiger partial charge in [0.1, 0.15) is 19.6 Å². The van der Waals surface area contributed by atoms with Crippen molar-refractivity contribution in [2.24, 2.45) is 4.99 Å². The van der Waals surface area contributed by atoms with Gasteiger partial charge in [0.05, 0.1) is 19.7 Å². The second-order valence-electron chi connectivity index (χ2n) is 15.1. The molecule has 0 saturated carbocycles. The smallest absolute Gasteiger partial charge is 0.220 e. The number of amides is 1. The Bertz CT molecular complexity index is 719. The minimum atomic E-state index is 0. The number of halogens is 1. The summed E-state index contributed by atoms with van der Waals surface area (Å²) in [5.74, 6) is 1.47. The fourth-order valence-electron chi connectivity index (χ4n) is 7.56. The van der Waals surface area contributed by atoms with E-state index in [4.69, 9.17) is 4.99 Å². The van der Waals surface area contributed by atoms with Gasteiger partial charge in [-0.1, -0.05) is 194 Å². The molecule has 6 heteroatoms. The van der Waals surface area contributed by atoms with Crippen LogP contribution in [0.2, 0.25) is 0 Å². The van der Waals surface area contributed by atoms with Gasteiger partial charge in [0.25, 0.3) is 0 Å². The number of hydrogen-bond donors (Lipinski definition) is 2. The maximum absolute atomic E-state index is 12.5. The van der Waals surface area contributed by atoms with E-state index < -0.39 is 0 Å². The minimum Gasteiger partial charge on any atom is -1.00 e. The number of unbranched alkanes of at least 4 members (excludes halogenated alkanes) is 28. The highest BCUT2D eigenvalue weighted by Gasteiger charge is 2.36. The van der Waals surface area contributed by atoms with Crippen LogP contribution in [0.5, 0.6) is 0 Å². The summed E-state index contributed by atoms with van der Waals surface area (Å²) in [6.07, 6.45) is 42.7. The Labute approximate surface area is 306 Å². The summed E-state index contributed by atoms with van der Waals surface area (Å²) in [4.78, 5) is 17.4. The lowest BCUT2D eigenvalue weighted by molar-refractivity contribution is -0.835. The van der Waals surface area contributed by atoms with E-state index in [1.807, 2.05) is 0 Å². The Morgan fingerprint density at radius 3 is 1.35 bits per heavy atom. The highest BCUT2D eigenvalue weighted by Crippen LogP contribution is 2.21. The van der Waals surface area contributed by atoms with Crippen molar-refractivity contribution in [1.82, 2.24) is 5.32 Å². The second-order valence-corrected chi connectivity index (χ2v) is 15.1. The van der Waals surface area contributed by atoms with Crippen molar-refractivity contribution in [3.8, 4) is 0 Å². The minimum absolute atomic E-state index is 0. The van der Waals surface area contributed by atoms with Crippen LogP contribution in [0.25, 0.3) is 0 Å². The third-order valence-corrected chi connectivity index (χ3v) is 10.8. The van der Waals surface area contributed by atoms with Crippen molar-refractivity contribution in [2.75, 3.05) is 39.3 Å². The van der Waals surface area contributed by atoms with Gasteiger partial charge < -0.3 is 22.8 Å². The van der Waals surface area contributed by atoms with Gasteiger partial charge in [-0.2, -0.15) is 0 Å². The SMILES string of the molecule is CCCCCCCCCCCCCCCCCC(=O)NCC[N+]1(CCO)CCN=C1CCCCCCCCCCCCCCCCC.[Cl-]. The summed E-state index contributed by atoms with van der Waals surface area (Å²) in [6.45, 7) is 8.89. The molecule has 48 heavy (non-hydrogen) atoms. The van der Waals surface area contributed by atoms with E-state index in [0.717, 1.165) is 43.5 Å². The summed E-state index contributed by atoms with van der Waals surface area (Å²) in [7, 11) is 0. The molecule has 2 N–H and O–H groups in total. The molecule has 1 aliphatic heterocycles. The zero-order valence-electron chi connectivity index (χ0n) is 32.5. The van der Waals surface area contributed by atoms with E-state index in [2.05, 4.69) is 19.2 Å². The van der Waals surface area contributed by atoms with E-state index in [1.165, 1.54) is 192 Å². The molecule has 0 spiro atoms. The summed E-state index contributed by atoms with van der Waals surface area (Å²) in [6, 6.07) is 0. The van der Waals surface area contributed by atoms with Crippen LogP contribution in [0, 0.1) is 0 Å². The monoisotopic (exact) mass is 698 g/mol. The van der Waals surface area contributed by atoms with Gasteiger partial charge in [-0.25, -0.2) is 4.99 Å². The third kappa shape index (κ3) is 27.1. The lowest BCUT2D eigenvalue weighted by Crippen LogP contribution is -3.00. The van der Waals surface area contributed by atoms with Crippen LogP contribution < -0.4 is 17.7 Å². The molecular formula is C42H84ClN3O2. The first-order valence-electron chi connectivity index (χ1n) is 21.5. The Morgan fingerprint density at radius 1 is 0.583 bits per heavy atom. The van der Waals surface area contributed by atoms with Crippen molar-refractivity contribution in [2.45, 2.75) is 219 Å². The molecule has 0 radical (unpaired) electrons. The van der Waals surface area contributed by atoms with Gasteiger partial charge in [0, 0.05) is 12.8 Å². The van der Waals surface area contributed by atoms with Crippen LogP contribution in [-0.4, -0.2) is 60.7 Å². The van der Waals surface area contributed by atoms with Crippen molar-refractivity contribution in [3.05, 3.63) is 0 Å². The standard InChI is InChI=1S/C42H83N3O2.ClH/c1-3-5-7-9-11-13-15-17-19-21-23-25-27-29-31-33-41-43-35-37-45(41,39-40-46)38-36-44-42(47)34-32-30-28-26-24-22-20-18-16-14-12-10-8-6-4-2;/h46H,3-40H2,1-2H3;1H. The predicted octanol–water partition coefficient (Wildman–Crippen LogP) is 8.85. The number of aliphatic imine (C=N–C) groups is 1. The average Bonchev–Trinajstić information content (AvgIpc) is 3.46. The Hall–Kier alpha value is -0.650. The molecule has 1 amide bonds. The van der Waals surface area contributed by atoms with E-state index >= 15 is 0 Å². The molecule has 0 aromatic rings. The summed E-state index contributed by atoms with van der Waals surface area (Å²) in [5.41, 5.74) is 0. The fourth-order valence-corrected chi connectivity index (χ4v) is 7.56. The molecule has 1 heterocycles. The Kier molecular flexibility index (Phi) is 35.7. The number of amidine groups is 1. The third-order valence-electron chi connectivity index (χ3n) is 10.8. The maximum Gasteiger partial charge on any atom is 0.220 e. The first kappa shape index (κ1) is 47.4. The van der Waals surface area contributed by atoms with E-state index in [9.17, 15) is 9.90 Å². The van der Waals surface area contributed by atoms with Crippen LogP contribution in [0.4, 0.5) is 0 Å². The summed E-state index contributed by atoms with van der Waals surface area (Å²) in [5, 5.41) is 13.1. The number of aliphatic hydroxyl groups is 1. The van der Waals surface area contributed by atoms with E-state index in [1.54, 1.807) is 0 Å². The normalized spacial score (nSPS) is 15.9. The van der Waals surface area contributed by atoms with E-state index in [-0.39, 0.29) is 24.9 Å². The van der Waals surface area contributed by atoms with Crippen molar-refractivity contribution >= 4 is 11.7 Å². The van der Waals surface area contributed by atoms with Crippen molar-refractivity contribution in [1.29, 1.82) is 0 Å². The van der Waals surface area contributed by atoms with Crippen LogP contribution in [0.15, 0.2) is 4.99 Å². The number of carbonyl (C=O) groups is 1. The molecule has 5 nitrogen and oxygen atoms in total. The Morgan fingerprint density at radius 2 is 0.958 bits per heavy atom. The zero-order valence-corrected chi connectivity index (χ0v) is 33.3. The van der Waals surface area contributed by atoms with Crippen molar-refractivity contribution < 1.29 is 26.8 Å². The second kappa shape index (κ2) is 36.2. The molecule has 0 aromatic carbocycles. The number of rotatable bonds is 37. The van der Waals surface area contributed by atoms with Gasteiger partial charge in [-0.3, -0.25) is 9.28 Å². The van der Waals surface area contributed by atoms with Gasteiger partial charge in [0.15, 0.2) is 5.84 Å². The lowest BCUT2D eigenvalue weighted by Gasteiger charge is -2.34.